The van der Waals surface area contributed by atoms with Crippen LogP contribution in [0.5, 0.6) is 5.75 Å². The Bertz CT molecular complexity index is 1260. The maximum Gasteiger partial charge on any atom is 0.343 e. The summed E-state index contributed by atoms with van der Waals surface area (Å²) in [5, 5.41) is 17.1. The fraction of sp³-hybridized carbons (Fsp3) is 0.0833. The first kappa shape index (κ1) is 23.8. The maximum absolute atomic E-state index is 12.4. The summed E-state index contributed by atoms with van der Waals surface area (Å²) in [4.78, 5) is 46.9. The Hall–Kier alpha value is -4.86. The predicted octanol–water partition coefficient (Wildman–Crippen LogP) is 3.52. The number of rotatable bonds is 6. The van der Waals surface area contributed by atoms with Crippen LogP contribution in [0.4, 0.5) is 11.4 Å². The number of nitro groups is 1. The molecule has 0 aliphatic heterocycles. The number of carbonyl (C=O) groups is 3. The second-order valence-corrected chi connectivity index (χ2v) is 7.15. The fourth-order valence-electron chi connectivity index (χ4n) is 2.95. The van der Waals surface area contributed by atoms with Crippen LogP contribution in [0.3, 0.4) is 0 Å². The highest BCUT2D eigenvalue weighted by Crippen LogP contribution is 2.20. The summed E-state index contributed by atoms with van der Waals surface area (Å²) in [6.07, 6.45) is 1.22. The molecular formula is C24H20N4O6. The molecule has 0 aliphatic rings. The van der Waals surface area contributed by atoms with Gasteiger partial charge in [-0.25, -0.2) is 10.2 Å². The van der Waals surface area contributed by atoms with Crippen LogP contribution in [0.2, 0.25) is 0 Å². The molecule has 3 aromatic carbocycles. The van der Waals surface area contributed by atoms with E-state index in [1.165, 1.54) is 36.5 Å². The van der Waals surface area contributed by atoms with E-state index in [2.05, 4.69) is 15.8 Å². The van der Waals surface area contributed by atoms with E-state index in [1.54, 1.807) is 18.2 Å². The number of hydrogen-bond acceptors (Lipinski definition) is 7. The van der Waals surface area contributed by atoms with Crippen LogP contribution in [-0.4, -0.2) is 28.9 Å². The van der Waals surface area contributed by atoms with Crippen molar-refractivity contribution in [2.75, 3.05) is 5.32 Å². The van der Waals surface area contributed by atoms with Crippen molar-refractivity contribution in [3.8, 4) is 5.75 Å². The first-order chi connectivity index (χ1) is 16.3. The highest BCUT2D eigenvalue weighted by molar-refractivity contribution is 6.39. The zero-order chi connectivity index (χ0) is 24.7. The molecule has 34 heavy (non-hydrogen) atoms. The molecule has 3 rings (SSSR count). The van der Waals surface area contributed by atoms with E-state index in [-0.39, 0.29) is 17.0 Å². The number of nitro benzene ring substituents is 1. The van der Waals surface area contributed by atoms with Crippen molar-refractivity contribution in [3.05, 3.63) is 99.1 Å². The fourth-order valence-corrected chi connectivity index (χ4v) is 2.95. The number of benzene rings is 3. The number of ether oxygens (including phenoxy) is 1. The molecule has 172 valence electrons. The lowest BCUT2D eigenvalue weighted by Gasteiger charge is -2.10. The van der Waals surface area contributed by atoms with Crippen LogP contribution in [-0.2, 0) is 9.59 Å². The monoisotopic (exact) mass is 460 g/mol. The second kappa shape index (κ2) is 10.6. The zero-order valence-corrected chi connectivity index (χ0v) is 18.3. The summed E-state index contributed by atoms with van der Waals surface area (Å²) in [7, 11) is 0. The van der Waals surface area contributed by atoms with Gasteiger partial charge < -0.3 is 10.1 Å². The van der Waals surface area contributed by atoms with E-state index >= 15 is 0 Å². The van der Waals surface area contributed by atoms with Crippen molar-refractivity contribution >= 4 is 35.4 Å². The molecular weight excluding hydrogens is 440 g/mol. The number of aryl methyl sites for hydroxylation is 2. The lowest BCUT2D eigenvalue weighted by molar-refractivity contribution is -0.384. The van der Waals surface area contributed by atoms with Crippen LogP contribution in [0.1, 0.15) is 27.0 Å². The van der Waals surface area contributed by atoms with Crippen molar-refractivity contribution in [3.63, 3.8) is 0 Å². The second-order valence-electron chi connectivity index (χ2n) is 7.15. The molecule has 10 nitrogen and oxygen atoms in total. The van der Waals surface area contributed by atoms with Gasteiger partial charge in [0.05, 0.1) is 16.7 Å². The third-order valence-corrected chi connectivity index (χ3v) is 4.73. The standard InChI is InChI=1S/C24H20N4O6/c1-15-6-5-7-16(2)21(15)26-22(29)23(30)27-25-14-18-8-3-4-9-20(18)34-24(31)17-10-12-19(13-11-17)28(32)33/h3-14H,1-2H3,(H,26,29)(H,27,30). The number of nitrogens with zero attached hydrogens (tertiary/aromatic N) is 2. The summed E-state index contributed by atoms with van der Waals surface area (Å²) in [5.74, 6) is -2.44. The summed E-state index contributed by atoms with van der Waals surface area (Å²) in [6, 6.07) is 16.8. The lowest BCUT2D eigenvalue weighted by Crippen LogP contribution is -2.32. The van der Waals surface area contributed by atoms with E-state index in [1.807, 2.05) is 32.0 Å². The number of anilines is 1. The van der Waals surface area contributed by atoms with Crippen LogP contribution in [0.15, 0.2) is 71.8 Å². The van der Waals surface area contributed by atoms with Gasteiger partial charge in [0, 0.05) is 23.4 Å². The van der Waals surface area contributed by atoms with Crippen molar-refractivity contribution < 1.29 is 24.0 Å². The molecule has 0 saturated carbocycles. The first-order valence-electron chi connectivity index (χ1n) is 10.0. The molecule has 0 saturated heterocycles. The van der Waals surface area contributed by atoms with Crippen LogP contribution >= 0.6 is 0 Å². The van der Waals surface area contributed by atoms with Crippen LogP contribution in [0.25, 0.3) is 0 Å². The maximum atomic E-state index is 12.4. The number of hydrogen-bond donors (Lipinski definition) is 2. The molecule has 0 radical (unpaired) electrons. The number of para-hydroxylation sites is 2. The normalized spacial score (nSPS) is 10.5. The highest BCUT2D eigenvalue weighted by Gasteiger charge is 2.16. The number of non-ortho nitro benzene ring substituents is 1. The van der Waals surface area contributed by atoms with Crippen LogP contribution < -0.4 is 15.5 Å². The molecule has 0 unspecified atom stereocenters. The minimum Gasteiger partial charge on any atom is -0.422 e. The molecule has 2 N–H and O–H groups in total. The first-order valence-corrected chi connectivity index (χ1v) is 10.0. The topological polar surface area (TPSA) is 140 Å². The third-order valence-electron chi connectivity index (χ3n) is 4.73. The number of esters is 1. The van der Waals surface area contributed by atoms with Crippen molar-refractivity contribution in [1.82, 2.24) is 5.43 Å². The van der Waals surface area contributed by atoms with Gasteiger partial charge in [0.1, 0.15) is 5.75 Å². The number of carbonyl (C=O) groups excluding carboxylic acids is 3. The van der Waals surface area contributed by atoms with E-state index in [0.717, 1.165) is 11.1 Å². The Labute approximate surface area is 194 Å². The molecule has 3 aromatic rings. The molecule has 0 bridgehead atoms. The van der Waals surface area contributed by atoms with Gasteiger partial charge in [0.25, 0.3) is 5.69 Å². The summed E-state index contributed by atoms with van der Waals surface area (Å²) < 4.78 is 5.35. The molecule has 0 fully saturated rings. The molecule has 0 heterocycles. The van der Waals surface area contributed by atoms with Crippen LogP contribution in [0, 0.1) is 24.0 Å². The van der Waals surface area contributed by atoms with Gasteiger partial charge in [0.15, 0.2) is 0 Å². The summed E-state index contributed by atoms with van der Waals surface area (Å²) >= 11 is 0. The average molecular weight is 460 g/mol. The molecule has 0 aromatic heterocycles. The molecule has 0 atom stereocenters. The van der Waals surface area contributed by atoms with E-state index in [4.69, 9.17) is 4.74 Å². The number of amides is 2. The predicted molar refractivity (Wildman–Crippen MR) is 125 cm³/mol. The van der Waals surface area contributed by atoms with E-state index in [9.17, 15) is 24.5 Å². The molecule has 0 aliphatic carbocycles. The van der Waals surface area contributed by atoms with E-state index in [0.29, 0.717) is 11.3 Å². The Morgan fingerprint density at radius 3 is 2.21 bits per heavy atom. The van der Waals surface area contributed by atoms with Gasteiger partial charge in [-0.15, -0.1) is 0 Å². The summed E-state index contributed by atoms with van der Waals surface area (Å²) in [5.41, 5.74) is 4.63. The molecule has 10 heteroatoms. The van der Waals surface area contributed by atoms with Crippen molar-refractivity contribution in [2.45, 2.75) is 13.8 Å². The van der Waals surface area contributed by atoms with E-state index < -0.39 is 22.7 Å². The van der Waals surface area contributed by atoms with Gasteiger partial charge in [-0.1, -0.05) is 30.3 Å². The van der Waals surface area contributed by atoms with Crippen molar-refractivity contribution in [1.29, 1.82) is 0 Å². The minimum absolute atomic E-state index is 0.119. The van der Waals surface area contributed by atoms with Crippen molar-refractivity contribution in [2.24, 2.45) is 5.10 Å². The van der Waals surface area contributed by atoms with Gasteiger partial charge in [-0.2, -0.15) is 5.10 Å². The van der Waals surface area contributed by atoms with Gasteiger partial charge in [-0.05, 0) is 49.2 Å². The quantitative estimate of drug-likeness (QED) is 0.144. The largest absolute Gasteiger partial charge is 0.422 e. The SMILES string of the molecule is Cc1cccc(C)c1NC(=O)C(=O)NN=Cc1ccccc1OC(=O)c1ccc([N+](=O)[O-])cc1. The Morgan fingerprint density at radius 1 is 0.912 bits per heavy atom. The van der Waals surface area contributed by atoms with Gasteiger partial charge >= 0.3 is 17.8 Å². The Kier molecular flexibility index (Phi) is 7.45. The number of hydrazone groups is 1. The average Bonchev–Trinajstić information content (AvgIpc) is 2.82. The molecule has 2 amide bonds. The van der Waals surface area contributed by atoms with Gasteiger partial charge in [0.2, 0.25) is 0 Å². The minimum atomic E-state index is -0.973. The smallest absolute Gasteiger partial charge is 0.343 e. The van der Waals surface area contributed by atoms with Gasteiger partial charge in [-0.3, -0.25) is 19.7 Å². The Morgan fingerprint density at radius 2 is 1.56 bits per heavy atom. The lowest BCUT2D eigenvalue weighted by atomic mass is 10.1. The third kappa shape index (κ3) is 5.88. The molecule has 0 spiro atoms. The zero-order valence-electron chi connectivity index (χ0n) is 18.3. The number of nitrogens with one attached hydrogen (secondary N) is 2. The highest BCUT2D eigenvalue weighted by atomic mass is 16.6. The Balaban J connectivity index is 1.64. The summed E-state index contributed by atoms with van der Waals surface area (Å²) in [6.45, 7) is 3.63.